The molecule has 25 heavy (non-hydrogen) atoms. The standard InChI is InChI=1S/C18H13BrCl2N2O2/c1-10-16(18(24)25)22-23(15-8-7-13(20)9-14(15)21)17(10)11-3-2-4-12(19)6-5-11/h2-9,11H,1H3,(H,24,25). The Hall–Kier alpha value is -1.82. The molecule has 0 fully saturated rings. The number of aromatic nitrogens is 2. The first kappa shape index (κ1) is 18.0. The summed E-state index contributed by atoms with van der Waals surface area (Å²) in [5.74, 6) is -1.23. The van der Waals surface area contributed by atoms with Crippen LogP contribution in [0.5, 0.6) is 0 Å². The van der Waals surface area contributed by atoms with Crippen molar-refractivity contribution in [1.82, 2.24) is 9.78 Å². The predicted molar refractivity (Wildman–Crippen MR) is 103 cm³/mol. The Morgan fingerprint density at radius 3 is 2.76 bits per heavy atom. The van der Waals surface area contributed by atoms with Gasteiger partial charge in [0, 0.05) is 21.0 Å². The van der Waals surface area contributed by atoms with Crippen molar-refractivity contribution in [3.63, 3.8) is 0 Å². The third-order valence-corrected chi connectivity index (χ3v) is 4.93. The molecular formula is C18H13BrCl2N2O2. The number of hydrogen-bond acceptors (Lipinski definition) is 2. The maximum absolute atomic E-state index is 11.6. The van der Waals surface area contributed by atoms with E-state index in [1.807, 2.05) is 30.4 Å². The molecule has 1 unspecified atom stereocenters. The normalized spacial score (nSPS) is 16.6. The average molecular weight is 440 g/mol. The summed E-state index contributed by atoms with van der Waals surface area (Å²) in [5.41, 5.74) is 1.91. The third kappa shape index (κ3) is 3.59. The lowest BCUT2D eigenvalue weighted by molar-refractivity contribution is 0.0689. The van der Waals surface area contributed by atoms with Gasteiger partial charge in [-0.1, -0.05) is 63.4 Å². The summed E-state index contributed by atoms with van der Waals surface area (Å²) in [6.45, 7) is 1.75. The zero-order chi connectivity index (χ0) is 18.1. The van der Waals surface area contributed by atoms with Crippen LogP contribution < -0.4 is 0 Å². The molecule has 0 spiro atoms. The van der Waals surface area contributed by atoms with Gasteiger partial charge in [-0.2, -0.15) is 5.10 Å². The van der Waals surface area contributed by atoms with Gasteiger partial charge in [-0.15, -0.1) is 0 Å². The number of benzene rings is 1. The minimum absolute atomic E-state index is 0.000844. The molecule has 7 heteroatoms. The van der Waals surface area contributed by atoms with E-state index in [1.165, 1.54) is 0 Å². The van der Waals surface area contributed by atoms with Crippen molar-refractivity contribution in [2.24, 2.45) is 0 Å². The zero-order valence-electron chi connectivity index (χ0n) is 13.1. The first-order valence-electron chi connectivity index (χ1n) is 7.39. The van der Waals surface area contributed by atoms with Gasteiger partial charge in [0.1, 0.15) is 0 Å². The molecule has 0 saturated carbocycles. The van der Waals surface area contributed by atoms with Gasteiger partial charge >= 0.3 is 5.97 Å². The van der Waals surface area contributed by atoms with E-state index in [0.29, 0.717) is 21.3 Å². The van der Waals surface area contributed by atoms with E-state index in [1.54, 1.807) is 29.8 Å². The maximum Gasteiger partial charge on any atom is 0.356 e. The maximum atomic E-state index is 11.6. The summed E-state index contributed by atoms with van der Waals surface area (Å²) >= 11 is 15.7. The summed E-state index contributed by atoms with van der Waals surface area (Å²) in [5, 5.41) is 14.7. The lowest BCUT2D eigenvalue weighted by Gasteiger charge is -2.14. The molecule has 0 radical (unpaired) electrons. The second kappa shape index (κ2) is 7.20. The van der Waals surface area contributed by atoms with Crippen LogP contribution in [0.15, 0.2) is 53.1 Å². The average Bonchev–Trinajstić information content (AvgIpc) is 2.73. The molecular weight excluding hydrogens is 427 g/mol. The zero-order valence-corrected chi connectivity index (χ0v) is 16.2. The molecule has 2 aromatic rings. The van der Waals surface area contributed by atoms with Crippen LogP contribution in [0, 0.1) is 6.92 Å². The molecule has 1 aliphatic carbocycles. The van der Waals surface area contributed by atoms with Gasteiger partial charge in [0.05, 0.1) is 16.4 Å². The van der Waals surface area contributed by atoms with Crippen molar-refractivity contribution in [2.45, 2.75) is 12.8 Å². The molecule has 1 aromatic carbocycles. The van der Waals surface area contributed by atoms with Gasteiger partial charge in [-0.05, 0) is 31.2 Å². The molecule has 0 bridgehead atoms. The van der Waals surface area contributed by atoms with Gasteiger partial charge in [0.2, 0.25) is 0 Å². The lowest BCUT2D eigenvalue weighted by atomic mass is 9.99. The van der Waals surface area contributed by atoms with Crippen LogP contribution in [0.4, 0.5) is 0 Å². The van der Waals surface area contributed by atoms with Gasteiger partial charge in [0.15, 0.2) is 5.69 Å². The minimum atomic E-state index is -1.08. The van der Waals surface area contributed by atoms with Crippen LogP contribution >= 0.6 is 39.1 Å². The lowest BCUT2D eigenvalue weighted by Crippen LogP contribution is -2.07. The number of allylic oxidation sites excluding steroid dienone is 6. The molecule has 4 nitrogen and oxygen atoms in total. The molecule has 0 amide bonds. The molecule has 3 rings (SSSR count). The molecule has 0 saturated heterocycles. The third-order valence-electron chi connectivity index (χ3n) is 3.86. The first-order valence-corrected chi connectivity index (χ1v) is 8.94. The van der Waals surface area contributed by atoms with Crippen molar-refractivity contribution in [1.29, 1.82) is 0 Å². The predicted octanol–water partition coefficient (Wildman–Crippen LogP) is 5.67. The molecule has 1 N–H and O–H groups in total. The second-order valence-electron chi connectivity index (χ2n) is 5.49. The van der Waals surface area contributed by atoms with Crippen LogP contribution in [0.1, 0.15) is 27.7 Å². The van der Waals surface area contributed by atoms with Crippen molar-refractivity contribution < 1.29 is 9.90 Å². The fraction of sp³-hybridized carbons (Fsp3) is 0.111. The Kier molecular flexibility index (Phi) is 5.18. The van der Waals surface area contributed by atoms with E-state index >= 15 is 0 Å². The van der Waals surface area contributed by atoms with Crippen LogP contribution in [-0.2, 0) is 0 Å². The fourth-order valence-electron chi connectivity index (χ4n) is 2.70. The van der Waals surface area contributed by atoms with Crippen molar-refractivity contribution >= 4 is 45.1 Å². The highest BCUT2D eigenvalue weighted by Crippen LogP contribution is 2.33. The van der Waals surface area contributed by atoms with Crippen LogP contribution in [0.25, 0.3) is 5.69 Å². The highest BCUT2D eigenvalue weighted by Gasteiger charge is 2.25. The van der Waals surface area contributed by atoms with E-state index in [2.05, 4.69) is 21.0 Å². The van der Waals surface area contributed by atoms with E-state index < -0.39 is 5.97 Å². The molecule has 1 aliphatic rings. The Balaban J connectivity index is 2.23. The van der Waals surface area contributed by atoms with E-state index in [9.17, 15) is 9.90 Å². The Morgan fingerprint density at radius 2 is 2.08 bits per heavy atom. The van der Waals surface area contributed by atoms with Crippen molar-refractivity contribution in [2.75, 3.05) is 0 Å². The Morgan fingerprint density at radius 1 is 1.32 bits per heavy atom. The number of rotatable bonds is 3. The fourth-order valence-corrected chi connectivity index (χ4v) is 3.50. The summed E-state index contributed by atoms with van der Waals surface area (Å²) in [7, 11) is 0. The summed E-state index contributed by atoms with van der Waals surface area (Å²) < 4.78 is 2.51. The summed E-state index contributed by atoms with van der Waals surface area (Å²) in [6.07, 6.45) is 9.70. The molecule has 0 aliphatic heterocycles. The summed E-state index contributed by atoms with van der Waals surface area (Å²) in [4.78, 5) is 11.6. The van der Waals surface area contributed by atoms with Crippen molar-refractivity contribution in [3.05, 3.63) is 80.1 Å². The number of hydrogen-bond donors (Lipinski definition) is 1. The van der Waals surface area contributed by atoms with Gasteiger partial charge in [0.25, 0.3) is 0 Å². The Labute approximate surface area is 163 Å². The minimum Gasteiger partial charge on any atom is -0.476 e. The number of nitrogens with zero attached hydrogens (tertiary/aromatic N) is 2. The number of carboxylic acid groups (broad SMARTS) is 1. The molecule has 1 heterocycles. The highest BCUT2D eigenvalue weighted by molar-refractivity contribution is 9.11. The van der Waals surface area contributed by atoms with Crippen LogP contribution in [-0.4, -0.2) is 20.9 Å². The molecule has 1 aromatic heterocycles. The number of carboxylic acids is 1. The Bertz CT molecular complexity index is 945. The smallest absolute Gasteiger partial charge is 0.356 e. The second-order valence-corrected chi connectivity index (χ2v) is 7.25. The van der Waals surface area contributed by atoms with Crippen molar-refractivity contribution in [3.8, 4) is 5.69 Å². The van der Waals surface area contributed by atoms with E-state index in [0.717, 1.165) is 10.2 Å². The first-order chi connectivity index (χ1) is 11.9. The SMILES string of the molecule is Cc1c(C(=O)O)nn(-c2ccc(Cl)cc2Cl)c1C1C=CC=C(Br)C=C1. The van der Waals surface area contributed by atoms with Gasteiger partial charge in [-0.3, -0.25) is 0 Å². The molecule has 128 valence electrons. The monoisotopic (exact) mass is 438 g/mol. The van der Waals surface area contributed by atoms with Crippen LogP contribution in [0.3, 0.4) is 0 Å². The number of carbonyl (C=O) groups is 1. The number of aromatic carboxylic acids is 1. The van der Waals surface area contributed by atoms with Crippen LogP contribution in [0.2, 0.25) is 10.0 Å². The largest absolute Gasteiger partial charge is 0.476 e. The topological polar surface area (TPSA) is 55.1 Å². The van der Waals surface area contributed by atoms with Gasteiger partial charge in [-0.25, -0.2) is 9.48 Å². The van der Waals surface area contributed by atoms with E-state index in [-0.39, 0.29) is 11.6 Å². The summed E-state index contributed by atoms with van der Waals surface area (Å²) in [6, 6.07) is 5.03. The molecule has 1 atom stereocenters. The van der Waals surface area contributed by atoms with E-state index in [4.69, 9.17) is 23.2 Å². The number of halogens is 3. The quantitative estimate of drug-likeness (QED) is 0.669. The van der Waals surface area contributed by atoms with Gasteiger partial charge < -0.3 is 5.11 Å². The highest BCUT2D eigenvalue weighted by atomic mass is 79.9.